The third-order valence-corrected chi connectivity index (χ3v) is 5.18. The van der Waals surface area contributed by atoms with E-state index in [1.54, 1.807) is 0 Å². The molecule has 0 amide bonds. The Balaban J connectivity index is 1.92. The fourth-order valence-electron chi connectivity index (χ4n) is 2.97. The Kier molecular flexibility index (Phi) is 5.15. The highest BCUT2D eigenvalue weighted by atomic mass is 32.2. The molecular weight excluding hydrogens is 264 g/mol. The van der Waals surface area contributed by atoms with Gasteiger partial charge in [0.2, 0.25) is 5.44 Å². The van der Waals surface area contributed by atoms with E-state index in [2.05, 4.69) is 20.8 Å². The van der Waals surface area contributed by atoms with Crippen molar-refractivity contribution in [3.05, 3.63) is 0 Å². The second-order valence-electron chi connectivity index (χ2n) is 6.06. The highest BCUT2D eigenvalue weighted by Gasteiger charge is 2.37. The Morgan fingerprint density at radius 1 is 1.42 bits per heavy atom. The Labute approximate surface area is 119 Å². The average molecular weight is 288 g/mol. The van der Waals surface area contributed by atoms with Crippen LogP contribution in [0.25, 0.3) is 0 Å². The Morgan fingerprint density at radius 2 is 2.16 bits per heavy atom. The van der Waals surface area contributed by atoms with Gasteiger partial charge in [-0.2, -0.15) is 0 Å². The lowest BCUT2D eigenvalue weighted by atomic mass is 9.75. The van der Waals surface area contributed by atoms with E-state index in [0.29, 0.717) is 23.5 Å². The smallest absolute Gasteiger partial charge is 0.346 e. The molecule has 4 nitrogen and oxygen atoms in total. The van der Waals surface area contributed by atoms with Gasteiger partial charge in [-0.15, -0.1) is 11.8 Å². The third kappa shape index (κ3) is 3.86. The molecule has 110 valence electrons. The minimum absolute atomic E-state index is 0.00167. The van der Waals surface area contributed by atoms with Crippen molar-refractivity contribution in [2.45, 2.75) is 57.9 Å². The molecule has 1 saturated heterocycles. The summed E-state index contributed by atoms with van der Waals surface area (Å²) in [4.78, 5) is 12.1. The molecule has 0 aromatic rings. The van der Waals surface area contributed by atoms with Crippen LogP contribution in [0.4, 0.5) is 0 Å². The minimum atomic E-state index is -0.839. The Hall–Kier alpha value is -0.260. The first-order valence-corrected chi connectivity index (χ1v) is 8.18. The van der Waals surface area contributed by atoms with Gasteiger partial charge in [0, 0.05) is 5.75 Å². The quantitative estimate of drug-likeness (QED) is 0.808. The number of hydrogen-bond acceptors (Lipinski definition) is 5. The van der Waals surface area contributed by atoms with Gasteiger partial charge in [-0.25, -0.2) is 4.79 Å². The van der Waals surface area contributed by atoms with Crippen molar-refractivity contribution in [2.24, 2.45) is 17.8 Å². The van der Waals surface area contributed by atoms with E-state index in [0.717, 1.165) is 12.8 Å². The van der Waals surface area contributed by atoms with Gasteiger partial charge in [0.05, 0.1) is 0 Å². The van der Waals surface area contributed by atoms with Crippen LogP contribution in [0.3, 0.4) is 0 Å². The number of carbonyl (C=O) groups excluding carboxylic acids is 1. The normalized spacial score (nSPS) is 39.5. The molecule has 0 aromatic heterocycles. The van der Waals surface area contributed by atoms with E-state index in [-0.39, 0.29) is 12.1 Å². The van der Waals surface area contributed by atoms with Crippen molar-refractivity contribution >= 4 is 17.7 Å². The lowest BCUT2D eigenvalue weighted by Crippen LogP contribution is -2.38. The van der Waals surface area contributed by atoms with Crippen LogP contribution in [-0.4, -0.2) is 34.7 Å². The molecule has 1 unspecified atom stereocenters. The highest BCUT2D eigenvalue weighted by molar-refractivity contribution is 8.00. The summed E-state index contributed by atoms with van der Waals surface area (Å²) in [5.41, 5.74) is -0.653. The second kappa shape index (κ2) is 6.46. The number of rotatable bonds is 3. The summed E-state index contributed by atoms with van der Waals surface area (Å²) in [5.74, 6) is 1.68. The molecule has 1 N–H and O–H groups in total. The number of ether oxygens (including phenoxy) is 2. The summed E-state index contributed by atoms with van der Waals surface area (Å²) in [7, 11) is 0. The van der Waals surface area contributed by atoms with Crippen LogP contribution >= 0.6 is 11.8 Å². The van der Waals surface area contributed by atoms with E-state index in [1.807, 2.05) is 0 Å². The van der Waals surface area contributed by atoms with Crippen LogP contribution in [0.1, 0.15) is 40.0 Å². The first-order valence-electron chi connectivity index (χ1n) is 7.13. The highest BCUT2D eigenvalue weighted by Crippen LogP contribution is 2.36. The molecule has 5 heteroatoms. The van der Waals surface area contributed by atoms with Crippen molar-refractivity contribution in [1.82, 2.24) is 0 Å². The molecule has 0 bridgehead atoms. The summed E-state index contributed by atoms with van der Waals surface area (Å²) in [6.07, 6.45) is 2.43. The molecule has 1 heterocycles. The summed E-state index contributed by atoms with van der Waals surface area (Å²) < 4.78 is 10.8. The van der Waals surface area contributed by atoms with Crippen LogP contribution in [-0.2, 0) is 14.3 Å². The maximum absolute atomic E-state index is 12.1. The summed E-state index contributed by atoms with van der Waals surface area (Å²) in [5, 5.41) is 9.29. The first kappa shape index (κ1) is 15.1. The van der Waals surface area contributed by atoms with Crippen LogP contribution in [0.15, 0.2) is 0 Å². The zero-order chi connectivity index (χ0) is 14.0. The Bertz CT molecular complexity index is 321. The van der Waals surface area contributed by atoms with Crippen molar-refractivity contribution in [3.8, 4) is 0 Å². The zero-order valence-corrected chi connectivity index (χ0v) is 12.7. The lowest BCUT2D eigenvalue weighted by Gasteiger charge is -2.37. The fourth-order valence-corrected chi connectivity index (χ4v) is 3.79. The van der Waals surface area contributed by atoms with Crippen molar-refractivity contribution in [3.63, 3.8) is 0 Å². The molecule has 5 atom stereocenters. The monoisotopic (exact) mass is 288 g/mol. The molecule has 1 saturated carbocycles. The summed E-state index contributed by atoms with van der Waals surface area (Å²) >= 11 is 1.31. The van der Waals surface area contributed by atoms with Gasteiger partial charge in [0.1, 0.15) is 6.10 Å². The number of carbonyl (C=O) groups is 1. The van der Waals surface area contributed by atoms with Crippen LogP contribution in [0.5, 0.6) is 0 Å². The number of thioether (sulfide) groups is 1. The lowest BCUT2D eigenvalue weighted by molar-refractivity contribution is -0.172. The molecule has 0 radical (unpaired) electrons. The fraction of sp³-hybridized carbons (Fsp3) is 0.929. The summed E-state index contributed by atoms with van der Waals surface area (Å²) in [6.45, 7) is 6.58. The maximum Gasteiger partial charge on any atom is 0.346 e. The molecule has 0 spiro atoms. The van der Waals surface area contributed by atoms with Gasteiger partial charge in [-0.3, -0.25) is 0 Å². The molecule has 1 aliphatic carbocycles. The molecule has 2 fully saturated rings. The molecule has 1 aliphatic heterocycles. The largest absolute Gasteiger partial charge is 0.459 e. The van der Waals surface area contributed by atoms with E-state index in [9.17, 15) is 9.90 Å². The predicted molar refractivity (Wildman–Crippen MR) is 74.6 cm³/mol. The number of aliphatic hydroxyl groups is 1. The molecule has 0 aromatic carbocycles. The number of aliphatic hydroxyl groups excluding tert-OH is 1. The van der Waals surface area contributed by atoms with Crippen molar-refractivity contribution in [2.75, 3.05) is 5.75 Å². The van der Waals surface area contributed by atoms with Crippen molar-refractivity contribution in [1.29, 1.82) is 0 Å². The van der Waals surface area contributed by atoms with Crippen LogP contribution in [0.2, 0.25) is 0 Å². The van der Waals surface area contributed by atoms with Crippen LogP contribution in [0, 0.1) is 17.8 Å². The van der Waals surface area contributed by atoms with Gasteiger partial charge in [-0.05, 0) is 30.6 Å². The van der Waals surface area contributed by atoms with Crippen LogP contribution < -0.4 is 0 Å². The number of esters is 1. The van der Waals surface area contributed by atoms with E-state index in [4.69, 9.17) is 9.47 Å². The standard InChI is InChI=1S/C14H24O4S/c1-8(2)10-5-4-9(3)6-11(10)17-13(16)14-18-12(15)7-19-14/h8-12,14-15H,4-7H2,1-3H3/t9-,10+,11+,12-,14?/m1/s1. The van der Waals surface area contributed by atoms with Gasteiger partial charge >= 0.3 is 5.97 Å². The molecule has 19 heavy (non-hydrogen) atoms. The topological polar surface area (TPSA) is 55.8 Å². The third-order valence-electron chi connectivity index (χ3n) is 4.09. The number of hydrogen-bond donors (Lipinski definition) is 1. The Morgan fingerprint density at radius 3 is 2.74 bits per heavy atom. The van der Waals surface area contributed by atoms with Gasteiger partial charge in [0.15, 0.2) is 6.29 Å². The predicted octanol–water partition coefficient (Wildman–Crippen LogP) is 2.40. The SMILES string of the molecule is CC(C)[C@@H]1CC[C@@H](C)C[C@@H]1OC(=O)C1O[C@@H](O)CS1. The maximum atomic E-state index is 12.1. The van der Waals surface area contributed by atoms with E-state index >= 15 is 0 Å². The van der Waals surface area contributed by atoms with Crippen molar-refractivity contribution < 1.29 is 19.4 Å². The first-order chi connectivity index (χ1) is 8.97. The minimum Gasteiger partial charge on any atom is -0.459 e. The molecule has 2 aliphatic rings. The van der Waals surface area contributed by atoms with Gasteiger partial charge in [-0.1, -0.05) is 27.2 Å². The van der Waals surface area contributed by atoms with E-state index < -0.39 is 11.7 Å². The summed E-state index contributed by atoms with van der Waals surface area (Å²) in [6, 6.07) is 0. The zero-order valence-electron chi connectivity index (χ0n) is 11.9. The second-order valence-corrected chi connectivity index (χ2v) is 7.15. The average Bonchev–Trinajstić information content (AvgIpc) is 2.75. The molecular formula is C14H24O4S. The molecule has 2 rings (SSSR count). The van der Waals surface area contributed by atoms with E-state index in [1.165, 1.54) is 18.2 Å². The van der Waals surface area contributed by atoms with Gasteiger partial charge in [0.25, 0.3) is 0 Å². The van der Waals surface area contributed by atoms with Gasteiger partial charge < -0.3 is 14.6 Å².